The Hall–Kier alpha value is -1.29. The largest absolute Gasteiger partial charge is 0.481 e. The van der Waals surface area contributed by atoms with Crippen LogP contribution in [0, 0.1) is 25.7 Å². The summed E-state index contributed by atoms with van der Waals surface area (Å²) in [5.74, 6) is 1.30. The molecule has 1 aliphatic rings. The highest BCUT2D eigenvalue weighted by Crippen LogP contribution is 2.32. The third kappa shape index (κ3) is 3.18. The van der Waals surface area contributed by atoms with E-state index in [1.54, 1.807) is 0 Å². The van der Waals surface area contributed by atoms with E-state index in [4.69, 9.17) is 4.42 Å². The zero-order valence-corrected chi connectivity index (χ0v) is 11.9. The summed E-state index contributed by atoms with van der Waals surface area (Å²) in [4.78, 5) is 11.1. The number of furan rings is 1. The lowest BCUT2D eigenvalue weighted by Crippen LogP contribution is -2.30. The molecule has 2 N–H and O–H groups in total. The predicted molar refractivity (Wildman–Crippen MR) is 73.1 cm³/mol. The predicted octanol–water partition coefficient (Wildman–Crippen LogP) is 3.05. The van der Waals surface area contributed by atoms with Gasteiger partial charge in [0, 0.05) is 11.6 Å². The van der Waals surface area contributed by atoms with Gasteiger partial charge >= 0.3 is 5.97 Å². The Morgan fingerprint density at radius 2 is 2.26 bits per heavy atom. The van der Waals surface area contributed by atoms with E-state index >= 15 is 0 Å². The van der Waals surface area contributed by atoms with Gasteiger partial charge in [0.2, 0.25) is 0 Å². The zero-order valence-electron chi connectivity index (χ0n) is 11.9. The minimum absolute atomic E-state index is 0.174. The van der Waals surface area contributed by atoms with Gasteiger partial charge in [0.15, 0.2) is 0 Å². The van der Waals surface area contributed by atoms with Gasteiger partial charge in [0.05, 0.1) is 5.92 Å². The lowest BCUT2D eigenvalue weighted by molar-refractivity contribution is -0.142. The van der Waals surface area contributed by atoms with Crippen molar-refractivity contribution in [1.29, 1.82) is 0 Å². The van der Waals surface area contributed by atoms with Crippen LogP contribution in [0.25, 0.3) is 0 Å². The highest BCUT2D eigenvalue weighted by Gasteiger charge is 2.32. The topological polar surface area (TPSA) is 62.5 Å². The molecule has 4 nitrogen and oxygen atoms in total. The van der Waals surface area contributed by atoms with Crippen LogP contribution < -0.4 is 5.32 Å². The molecule has 1 aromatic heterocycles. The van der Waals surface area contributed by atoms with E-state index in [1.165, 1.54) is 5.56 Å². The van der Waals surface area contributed by atoms with Crippen LogP contribution in [0.15, 0.2) is 10.5 Å². The third-order valence-electron chi connectivity index (χ3n) is 4.21. The number of carbonyl (C=O) groups is 1. The molecular formula is C15H23NO3. The van der Waals surface area contributed by atoms with Crippen LogP contribution in [-0.2, 0) is 4.79 Å². The van der Waals surface area contributed by atoms with Crippen molar-refractivity contribution in [3.05, 3.63) is 23.2 Å². The molecule has 0 saturated heterocycles. The molecule has 1 aromatic rings. The lowest BCUT2D eigenvalue weighted by atomic mass is 9.95. The molecule has 4 heteroatoms. The van der Waals surface area contributed by atoms with Gasteiger partial charge in [0.1, 0.15) is 11.5 Å². The molecule has 1 aliphatic carbocycles. The Balaban J connectivity index is 1.91. The molecule has 0 aromatic carbocycles. The summed E-state index contributed by atoms with van der Waals surface area (Å²) in [5.41, 5.74) is 1.17. The minimum atomic E-state index is -0.646. The molecule has 0 amide bonds. The standard InChI is InChI=1S/C15H23NO3/c1-9-7-14(11(3)19-9)10(2)16-8-12-5-4-6-13(12)15(17)18/h7,10,12-13,16H,4-6,8H2,1-3H3,(H,17,18). The molecular weight excluding hydrogens is 242 g/mol. The molecule has 0 bridgehead atoms. The Bertz CT molecular complexity index is 452. The second kappa shape index (κ2) is 5.78. The maximum Gasteiger partial charge on any atom is 0.306 e. The average Bonchev–Trinajstić information content (AvgIpc) is 2.92. The number of carboxylic acids is 1. The summed E-state index contributed by atoms with van der Waals surface area (Å²) in [6, 6.07) is 2.25. The zero-order chi connectivity index (χ0) is 14.0. The third-order valence-corrected chi connectivity index (χ3v) is 4.21. The van der Waals surface area contributed by atoms with E-state index in [0.29, 0.717) is 0 Å². The first-order chi connectivity index (χ1) is 8.99. The van der Waals surface area contributed by atoms with E-state index in [9.17, 15) is 9.90 Å². The van der Waals surface area contributed by atoms with Crippen molar-refractivity contribution < 1.29 is 14.3 Å². The Labute approximate surface area is 114 Å². The number of hydrogen-bond acceptors (Lipinski definition) is 3. The van der Waals surface area contributed by atoms with Crippen LogP contribution in [0.3, 0.4) is 0 Å². The maximum atomic E-state index is 11.1. The molecule has 3 unspecified atom stereocenters. The Kier molecular flexibility index (Phi) is 4.30. The smallest absolute Gasteiger partial charge is 0.306 e. The summed E-state index contributed by atoms with van der Waals surface area (Å²) >= 11 is 0. The fourth-order valence-electron chi connectivity index (χ4n) is 3.12. The molecule has 106 valence electrons. The second-order valence-corrected chi connectivity index (χ2v) is 5.63. The van der Waals surface area contributed by atoms with Crippen LogP contribution in [-0.4, -0.2) is 17.6 Å². The highest BCUT2D eigenvalue weighted by molar-refractivity contribution is 5.70. The normalized spacial score (nSPS) is 24.6. The van der Waals surface area contributed by atoms with Crippen molar-refractivity contribution in [3.8, 4) is 0 Å². The van der Waals surface area contributed by atoms with Crippen LogP contribution in [0.2, 0.25) is 0 Å². The number of hydrogen-bond donors (Lipinski definition) is 2. The first kappa shape index (κ1) is 14.1. The fourth-order valence-corrected chi connectivity index (χ4v) is 3.12. The Morgan fingerprint density at radius 1 is 1.53 bits per heavy atom. The van der Waals surface area contributed by atoms with Crippen LogP contribution in [0.4, 0.5) is 0 Å². The van der Waals surface area contributed by atoms with E-state index in [1.807, 2.05) is 13.8 Å². The number of aliphatic carboxylic acids is 1. The summed E-state index contributed by atoms with van der Waals surface area (Å²) in [6.07, 6.45) is 2.86. The van der Waals surface area contributed by atoms with E-state index in [2.05, 4.69) is 18.3 Å². The van der Waals surface area contributed by atoms with E-state index in [-0.39, 0.29) is 17.9 Å². The second-order valence-electron chi connectivity index (χ2n) is 5.63. The van der Waals surface area contributed by atoms with Gasteiger partial charge in [-0.25, -0.2) is 0 Å². The van der Waals surface area contributed by atoms with Gasteiger partial charge in [-0.15, -0.1) is 0 Å². The van der Waals surface area contributed by atoms with Crippen LogP contribution in [0.5, 0.6) is 0 Å². The number of carboxylic acid groups (broad SMARTS) is 1. The van der Waals surface area contributed by atoms with Crippen molar-refractivity contribution in [2.45, 2.75) is 46.1 Å². The molecule has 2 rings (SSSR count). The SMILES string of the molecule is Cc1cc(C(C)NCC2CCCC2C(=O)O)c(C)o1. The summed E-state index contributed by atoms with van der Waals surface area (Å²) < 4.78 is 5.53. The van der Waals surface area contributed by atoms with E-state index < -0.39 is 5.97 Å². The fraction of sp³-hybridized carbons (Fsp3) is 0.667. The van der Waals surface area contributed by atoms with Gasteiger partial charge in [-0.2, -0.15) is 0 Å². The molecule has 3 atom stereocenters. The molecule has 0 aliphatic heterocycles. The van der Waals surface area contributed by atoms with Crippen molar-refractivity contribution in [2.75, 3.05) is 6.54 Å². The molecule has 0 spiro atoms. The van der Waals surface area contributed by atoms with Crippen molar-refractivity contribution >= 4 is 5.97 Å². The van der Waals surface area contributed by atoms with Gasteiger partial charge in [-0.3, -0.25) is 4.79 Å². The molecule has 19 heavy (non-hydrogen) atoms. The van der Waals surface area contributed by atoms with Crippen molar-refractivity contribution in [1.82, 2.24) is 5.32 Å². The number of nitrogens with one attached hydrogen (secondary N) is 1. The minimum Gasteiger partial charge on any atom is -0.481 e. The summed E-state index contributed by atoms with van der Waals surface area (Å²) in [6.45, 7) is 6.78. The average molecular weight is 265 g/mol. The van der Waals surface area contributed by atoms with Crippen molar-refractivity contribution in [3.63, 3.8) is 0 Å². The van der Waals surface area contributed by atoms with Crippen LogP contribution >= 0.6 is 0 Å². The van der Waals surface area contributed by atoms with Crippen molar-refractivity contribution in [2.24, 2.45) is 11.8 Å². The molecule has 1 heterocycles. The van der Waals surface area contributed by atoms with Gasteiger partial charge < -0.3 is 14.8 Å². The van der Waals surface area contributed by atoms with Crippen LogP contribution in [0.1, 0.15) is 49.3 Å². The quantitative estimate of drug-likeness (QED) is 0.859. The first-order valence-electron chi connectivity index (χ1n) is 7.02. The van der Waals surface area contributed by atoms with E-state index in [0.717, 1.165) is 37.3 Å². The van der Waals surface area contributed by atoms with Gasteiger partial charge in [-0.1, -0.05) is 6.42 Å². The van der Waals surface area contributed by atoms with Gasteiger partial charge in [0.25, 0.3) is 0 Å². The maximum absolute atomic E-state index is 11.1. The number of rotatable bonds is 5. The molecule has 0 radical (unpaired) electrons. The Morgan fingerprint density at radius 3 is 2.84 bits per heavy atom. The molecule has 1 fully saturated rings. The van der Waals surface area contributed by atoms with Gasteiger partial charge in [-0.05, 0) is 52.1 Å². The monoisotopic (exact) mass is 265 g/mol. The molecule has 1 saturated carbocycles. The summed E-state index contributed by atoms with van der Waals surface area (Å²) in [7, 11) is 0. The first-order valence-corrected chi connectivity index (χ1v) is 7.02. The number of aryl methyl sites for hydroxylation is 2. The lowest BCUT2D eigenvalue weighted by Gasteiger charge is -2.20. The summed E-state index contributed by atoms with van der Waals surface area (Å²) in [5, 5.41) is 12.6. The highest BCUT2D eigenvalue weighted by atomic mass is 16.4.